The molecule has 6 atom stereocenters. The predicted octanol–water partition coefficient (Wildman–Crippen LogP) is 3.07. The SMILES string of the molecule is CCC(C)(C)C(=O)OC1C2CC3C1OC(=O)C3(C#N)C2C(=O)OC(C(F)(F)F)C(F)(F)F. The molecule has 2 bridgehead atoms. The second kappa shape index (κ2) is 7.25. The molecule has 0 spiro atoms. The van der Waals surface area contributed by atoms with Gasteiger partial charge in [-0.05, 0) is 26.7 Å². The fourth-order valence-corrected chi connectivity index (χ4v) is 4.67. The van der Waals surface area contributed by atoms with E-state index in [2.05, 4.69) is 4.74 Å². The van der Waals surface area contributed by atoms with Crippen molar-refractivity contribution >= 4 is 17.9 Å². The molecule has 0 aromatic carbocycles. The van der Waals surface area contributed by atoms with Crippen LogP contribution in [0.15, 0.2) is 0 Å². The summed E-state index contributed by atoms with van der Waals surface area (Å²) in [5.41, 5.74) is -3.30. The van der Waals surface area contributed by atoms with Crippen molar-refractivity contribution < 1.29 is 54.9 Å². The lowest BCUT2D eigenvalue weighted by atomic mass is 9.67. The molecule has 3 rings (SSSR count). The summed E-state index contributed by atoms with van der Waals surface area (Å²) in [5, 5.41) is 9.63. The van der Waals surface area contributed by atoms with Gasteiger partial charge in [-0.15, -0.1) is 0 Å². The van der Waals surface area contributed by atoms with Crippen molar-refractivity contribution in [1.29, 1.82) is 5.26 Å². The van der Waals surface area contributed by atoms with Gasteiger partial charge in [0.2, 0.25) is 0 Å². The predicted molar refractivity (Wildman–Crippen MR) is 89.0 cm³/mol. The Morgan fingerprint density at radius 1 is 1.22 bits per heavy atom. The van der Waals surface area contributed by atoms with Gasteiger partial charge in [0.15, 0.2) is 5.41 Å². The van der Waals surface area contributed by atoms with Gasteiger partial charge in [0.25, 0.3) is 6.10 Å². The highest BCUT2D eigenvalue weighted by molar-refractivity contribution is 5.92. The third-order valence-electron chi connectivity index (χ3n) is 6.70. The van der Waals surface area contributed by atoms with Crippen LogP contribution in [-0.4, -0.2) is 48.6 Å². The lowest BCUT2D eigenvalue weighted by Gasteiger charge is -2.36. The number of hydrogen-bond acceptors (Lipinski definition) is 7. The Labute approximate surface area is 178 Å². The highest BCUT2D eigenvalue weighted by atomic mass is 19.4. The third-order valence-corrected chi connectivity index (χ3v) is 6.70. The number of esters is 3. The van der Waals surface area contributed by atoms with Gasteiger partial charge in [-0.3, -0.25) is 14.4 Å². The van der Waals surface area contributed by atoms with E-state index in [1.807, 2.05) is 0 Å². The minimum atomic E-state index is -5.97. The summed E-state index contributed by atoms with van der Waals surface area (Å²) >= 11 is 0. The Balaban J connectivity index is 1.96. The fourth-order valence-electron chi connectivity index (χ4n) is 4.67. The minimum Gasteiger partial charge on any atom is -0.458 e. The second-order valence-electron chi connectivity index (χ2n) is 8.84. The topological polar surface area (TPSA) is 103 Å². The zero-order valence-corrected chi connectivity index (χ0v) is 17.0. The number of carbonyl (C=O) groups is 3. The Kier molecular flexibility index (Phi) is 5.46. The zero-order valence-electron chi connectivity index (χ0n) is 17.0. The summed E-state index contributed by atoms with van der Waals surface area (Å²) in [6.07, 6.45) is -18.6. The maximum absolute atomic E-state index is 12.9. The number of fused-ring (bicyclic) bond motifs is 1. The molecule has 13 heteroatoms. The van der Waals surface area contributed by atoms with Gasteiger partial charge in [0.05, 0.1) is 17.4 Å². The lowest BCUT2D eigenvalue weighted by molar-refractivity contribution is -0.315. The summed E-state index contributed by atoms with van der Waals surface area (Å²) in [7, 11) is 0. The Bertz CT molecular complexity index is 863. The molecule has 32 heavy (non-hydrogen) atoms. The molecule has 3 fully saturated rings. The minimum absolute atomic E-state index is 0.142. The van der Waals surface area contributed by atoms with Crippen molar-refractivity contribution in [1.82, 2.24) is 0 Å². The van der Waals surface area contributed by atoms with E-state index in [4.69, 9.17) is 9.47 Å². The van der Waals surface area contributed by atoms with Crippen LogP contribution in [0.2, 0.25) is 0 Å². The van der Waals surface area contributed by atoms with Crippen LogP contribution in [0.25, 0.3) is 0 Å². The van der Waals surface area contributed by atoms with Crippen molar-refractivity contribution in [2.75, 3.05) is 0 Å². The molecule has 0 radical (unpaired) electrons. The molecule has 0 aromatic heterocycles. The van der Waals surface area contributed by atoms with Crippen molar-refractivity contribution in [2.24, 2.45) is 28.6 Å². The van der Waals surface area contributed by atoms with E-state index < -0.39 is 77.2 Å². The number of rotatable bonds is 5. The van der Waals surface area contributed by atoms with E-state index in [-0.39, 0.29) is 6.42 Å². The van der Waals surface area contributed by atoms with E-state index in [1.54, 1.807) is 26.8 Å². The second-order valence-corrected chi connectivity index (χ2v) is 8.84. The van der Waals surface area contributed by atoms with Gasteiger partial charge >= 0.3 is 30.3 Å². The van der Waals surface area contributed by atoms with Gasteiger partial charge in [-0.25, -0.2) is 0 Å². The molecule has 2 aliphatic carbocycles. The number of carbonyl (C=O) groups excluding carboxylic acids is 3. The highest BCUT2D eigenvalue weighted by Crippen LogP contribution is 2.66. The molecular weight excluding hydrogens is 452 g/mol. The van der Waals surface area contributed by atoms with Crippen LogP contribution in [-0.2, 0) is 28.6 Å². The first kappa shape index (κ1) is 24.1. The van der Waals surface area contributed by atoms with Crippen LogP contribution in [0.5, 0.6) is 0 Å². The summed E-state index contributed by atoms with van der Waals surface area (Å²) in [6, 6.07) is 1.57. The van der Waals surface area contributed by atoms with Crippen LogP contribution in [0, 0.1) is 39.9 Å². The summed E-state index contributed by atoms with van der Waals surface area (Å²) in [6.45, 7) is 4.78. The first-order valence-corrected chi connectivity index (χ1v) is 9.69. The Morgan fingerprint density at radius 3 is 2.25 bits per heavy atom. The number of alkyl halides is 6. The van der Waals surface area contributed by atoms with Crippen LogP contribution in [0.1, 0.15) is 33.6 Å². The molecule has 178 valence electrons. The third kappa shape index (κ3) is 3.38. The number of halogens is 6. The molecule has 1 heterocycles. The smallest absolute Gasteiger partial charge is 0.434 e. The Morgan fingerprint density at radius 2 is 1.78 bits per heavy atom. The molecule has 6 unspecified atom stereocenters. The molecule has 3 aliphatic rings. The van der Waals surface area contributed by atoms with Gasteiger partial charge in [0, 0.05) is 11.8 Å². The van der Waals surface area contributed by atoms with Gasteiger partial charge in [0.1, 0.15) is 12.2 Å². The van der Waals surface area contributed by atoms with Crippen LogP contribution >= 0.6 is 0 Å². The molecule has 0 N–H and O–H groups in total. The van der Waals surface area contributed by atoms with Crippen molar-refractivity contribution in [3.05, 3.63) is 0 Å². The maximum atomic E-state index is 12.9. The van der Waals surface area contributed by atoms with Crippen molar-refractivity contribution in [3.8, 4) is 6.07 Å². The molecule has 0 aromatic rings. The zero-order chi connectivity index (χ0) is 24.4. The average molecular weight is 471 g/mol. The van der Waals surface area contributed by atoms with E-state index in [9.17, 15) is 46.0 Å². The first-order chi connectivity index (χ1) is 14.5. The summed E-state index contributed by atoms with van der Waals surface area (Å²) in [4.78, 5) is 37.6. The molecule has 7 nitrogen and oxygen atoms in total. The van der Waals surface area contributed by atoms with E-state index in [0.29, 0.717) is 6.42 Å². The average Bonchev–Trinajstić information content (AvgIpc) is 3.24. The largest absolute Gasteiger partial charge is 0.458 e. The van der Waals surface area contributed by atoms with Crippen LogP contribution in [0.3, 0.4) is 0 Å². The Hall–Kier alpha value is -2.52. The quantitative estimate of drug-likeness (QED) is 0.345. The fraction of sp³-hybridized carbons (Fsp3) is 0.789. The van der Waals surface area contributed by atoms with Gasteiger partial charge in [-0.2, -0.15) is 31.6 Å². The van der Waals surface area contributed by atoms with Gasteiger partial charge < -0.3 is 14.2 Å². The number of hydrogen-bond donors (Lipinski definition) is 0. The first-order valence-electron chi connectivity index (χ1n) is 9.69. The summed E-state index contributed by atoms with van der Waals surface area (Å²) < 4.78 is 91.7. The van der Waals surface area contributed by atoms with Crippen molar-refractivity contribution in [3.63, 3.8) is 0 Å². The molecule has 2 saturated carbocycles. The maximum Gasteiger partial charge on any atom is 0.434 e. The van der Waals surface area contributed by atoms with Crippen LogP contribution < -0.4 is 0 Å². The number of nitriles is 1. The lowest BCUT2D eigenvalue weighted by Crippen LogP contribution is -2.53. The van der Waals surface area contributed by atoms with Crippen molar-refractivity contribution in [2.45, 2.75) is 64.3 Å². The van der Waals surface area contributed by atoms with Gasteiger partial charge in [-0.1, -0.05) is 6.92 Å². The number of nitrogens with zero attached hydrogens (tertiary/aromatic N) is 1. The van der Waals surface area contributed by atoms with E-state index in [0.717, 1.165) is 0 Å². The molecule has 1 aliphatic heterocycles. The summed E-state index contributed by atoms with van der Waals surface area (Å²) in [5.74, 6) is -8.31. The molecule has 0 amide bonds. The normalized spacial score (nSPS) is 33.8. The molecular formula is C19H19F6NO6. The monoisotopic (exact) mass is 471 g/mol. The standard InChI is InChI=1S/C19H19F6NO6/c1-4-16(2,3)14(28)30-10-7-5-8-11(10)31-15(29)17(8,6-26)9(7)12(27)32-13(18(20,21)22)19(23,24)25/h7-11,13H,4-5H2,1-3H3. The van der Waals surface area contributed by atoms with E-state index >= 15 is 0 Å². The number of ether oxygens (including phenoxy) is 3. The van der Waals surface area contributed by atoms with Crippen LogP contribution in [0.4, 0.5) is 26.3 Å². The highest BCUT2D eigenvalue weighted by Gasteiger charge is 2.79. The molecule has 1 saturated heterocycles. The van der Waals surface area contributed by atoms with E-state index in [1.165, 1.54) is 0 Å².